The van der Waals surface area contributed by atoms with Gasteiger partial charge >= 0.3 is 5.97 Å². The van der Waals surface area contributed by atoms with Crippen molar-refractivity contribution in [3.63, 3.8) is 0 Å². The summed E-state index contributed by atoms with van der Waals surface area (Å²) >= 11 is 6.25. The van der Waals surface area contributed by atoms with E-state index in [0.29, 0.717) is 29.9 Å². The first-order valence-corrected chi connectivity index (χ1v) is 12.3. The van der Waals surface area contributed by atoms with E-state index in [4.69, 9.17) is 21.1 Å². The fourth-order valence-corrected chi connectivity index (χ4v) is 4.61. The fourth-order valence-electron chi connectivity index (χ4n) is 4.38. The molecule has 4 rings (SSSR count). The van der Waals surface area contributed by atoms with Crippen LogP contribution in [-0.4, -0.2) is 35.2 Å². The number of carbonyl (C=O) groups excluding carboxylic acids is 1. The van der Waals surface area contributed by atoms with Gasteiger partial charge < -0.3 is 9.47 Å². The van der Waals surface area contributed by atoms with E-state index in [1.165, 1.54) is 18.2 Å². The van der Waals surface area contributed by atoms with Crippen molar-refractivity contribution in [2.45, 2.75) is 83.6 Å². The summed E-state index contributed by atoms with van der Waals surface area (Å²) in [5, 5.41) is 0.408. The maximum Gasteiger partial charge on any atom is 0.341 e. The Morgan fingerprint density at radius 3 is 2.50 bits per heavy atom. The number of rotatable bonds is 6. The van der Waals surface area contributed by atoms with E-state index in [0.717, 1.165) is 36.8 Å². The van der Waals surface area contributed by atoms with Crippen LogP contribution in [0.4, 0.5) is 8.78 Å². The van der Waals surface area contributed by atoms with Crippen molar-refractivity contribution >= 4 is 17.6 Å². The van der Waals surface area contributed by atoms with Crippen LogP contribution in [0.1, 0.15) is 80.8 Å². The maximum absolute atomic E-state index is 15.0. The van der Waals surface area contributed by atoms with E-state index in [-0.39, 0.29) is 23.4 Å². The van der Waals surface area contributed by atoms with Gasteiger partial charge in [-0.2, -0.15) is 0 Å². The number of likely N-dealkylation sites (tertiary alicyclic amines) is 1. The van der Waals surface area contributed by atoms with Gasteiger partial charge in [-0.25, -0.2) is 13.6 Å². The van der Waals surface area contributed by atoms with Crippen LogP contribution in [0.3, 0.4) is 0 Å². The van der Waals surface area contributed by atoms with Crippen molar-refractivity contribution in [1.29, 1.82) is 0 Å². The number of halogens is 3. The van der Waals surface area contributed by atoms with Crippen LogP contribution in [0.25, 0.3) is 0 Å². The van der Waals surface area contributed by atoms with Gasteiger partial charge in [-0.3, -0.25) is 4.90 Å². The van der Waals surface area contributed by atoms with Crippen LogP contribution in [0.2, 0.25) is 5.02 Å². The SMILES string of the molecule is C[C@H]1CCC(Oc2cc(F)c(C(=O)OC(C)(C)C)cc2C2CC2)CN1Cc1ccc(F)cc1Cl. The van der Waals surface area contributed by atoms with Crippen LogP contribution < -0.4 is 4.74 Å². The highest BCUT2D eigenvalue weighted by molar-refractivity contribution is 6.31. The van der Waals surface area contributed by atoms with Crippen molar-refractivity contribution in [3.8, 4) is 5.75 Å². The molecule has 2 aromatic rings. The number of nitrogens with zero attached hydrogens (tertiary/aromatic N) is 1. The summed E-state index contributed by atoms with van der Waals surface area (Å²) < 4.78 is 40.1. The Kier molecular flexibility index (Phi) is 7.20. The summed E-state index contributed by atoms with van der Waals surface area (Å²) in [6.07, 6.45) is 3.62. The lowest BCUT2D eigenvalue weighted by Gasteiger charge is -2.38. The monoisotopic (exact) mass is 491 g/mol. The van der Waals surface area contributed by atoms with Gasteiger partial charge in [0.25, 0.3) is 0 Å². The smallest absolute Gasteiger partial charge is 0.341 e. The van der Waals surface area contributed by atoms with E-state index in [1.807, 2.05) is 0 Å². The molecule has 184 valence electrons. The summed E-state index contributed by atoms with van der Waals surface area (Å²) in [5.74, 6) is -0.869. The molecule has 0 radical (unpaired) electrons. The summed E-state index contributed by atoms with van der Waals surface area (Å²) in [7, 11) is 0. The third-order valence-electron chi connectivity index (χ3n) is 6.39. The Labute approximate surface area is 205 Å². The first-order chi connectivity index (χ1) is 16.0. The normalized spacial score (nSPS) is 21.4. The molecule has 1 aliphatic heterocycles. The molecule has 2 atom stereocenters. The first kappa shape index (κ1) is 24.9. The van der Waals surface area contributed by atoms with Gasteiger partial charge in [-0.15, -0.1) is 0 Å². The molecule has 1 heterocycles. The van der Waals surface area contributed by atoms with Crippen molar-refractivity contribution in [2.24, 2.45) is 0 Å². The lowest BCUT2D eigenvalue weighted by molar-refractivity contribution is 0.00643. The third-order valence-corrected chi connectivity index (χ3v) is 6.74. The number of piperidine rings is 1. The maximum atomic E-state index is 15.0. The van der Waals surface area contributed by atoms with Gasteiger partial charge in [0.2, 0.25) is 0 Å². The van der Waals surface area contributed by atoms with Crippen LogP contribution in [0.15, 0.2) is 30.3 Å². The molecule has 2 aromatic carbocycles. The Hall–Kier alpha value is -2.18. The number of hydrogen-bond donors (Lipinski definition) is 0. The molecule has 0 spiro atoms. The number of ether oxygens (including phenoxy) is 2. The average molecular weight is 492 g/mol. The molecule has 0 aromatic heterocycles. The molecule has 2 fully saturated rings. The third kappa shape index (κ3) is 6.08. The Bertz CT molecular complexity index is 1060. The standard InChI is InChI=1S/C27H32ClF2NO3/c1-16-5-10-20(15-31(16)14-18-8-9-19(29)11-23(18)28)33-25-13-24(30)22(12-21(25)17-6-7-17)26(32)34-27(2,3)4/h8-9,11-13,16-17,20H,5-7,10,14-15H2,1-4H3/t16-,20?/m0/s1. The zero-order valence-corrected chi connectivity index (χ0v) is 20.9. The lowest BCUT2D eigenvalue weighted by atomic mass is 9.99. The summed E-state index contributed by atoms with van der Waals surface area (Å²) in [6.45, 7) is 8.67. The minimum Gasteiger partial charge on any atom is -0.489 e. The summed E-state index contributed by atoms with van der Waals surface area (Å²) in [6, 6.07) is 7.72. The number of benzene rings is 2. The van der Waals surface area contributed by atoms with Crippen molar-refractivity contribution in [2.75, 3.05) is 6.54 Å². The van der Waals surface area contributed by atoms with Crippen LogP contribution in [0, 0.1) is 11.6 Å². The minimum atomic E-state index is -0.700. The molecule has 0 bridgehead atoms. The summed E-state index contributed by atoms with van der Waals surface area (Å²) in [5.41, 5.74) is 0.985. The van der Waals surface area contributed by atoms with Gasteiger partial charge in [-0.05, 0) is 88.6 Å². The molecule has 7 heteroatoms. The topological polar surface area (TPSA) is 38.8 Å². The van der Waals surface area contributed by atoms with Crippen LogP contribution in [-0.2, 0) is 11.3 Å². The molecule has 1 saturated carbocycles. The number of carbonyl (C=O) groups is 1. The predicted molar refractivity (Wildman–Crippen MR) is 128 cm³/mol. The first-order valence-electron chi connectivity index (χ1n) is 11.9. The lowest BCUT2D eigenvalue weighted by Crippen LogP contribution is -2.45. The van der Waals surface area contributed by atoms with Gasteiger partial charge in [0.15, 0.2) is 0 Å². The van der Waals surface area contributed by atoms with E-state index in [2.05, 4.69) is 11.8 Å². The zero-order chi connectivity index (χ0) is 24.6. The molecule has 1 aliphatic carbocycles. The Morgan fingerprint density at radius 1 is 1.12 bits per heavy atom. The molecule has 0 N–H and O–H groups in total. The van der Waals surface area contributed by atoms with E-state index < -0.39 is 17.4 Å². The molecule has 1 unspecified atom stereocenters. The molecule has 4 nitrogen and oxygen atoms in total. The second-order valence-electron chi connectivity index (χ2n) is 10.5. The Balaban J connectivity index is 1.51. The number of esters is 1. The van der Waals surface area contributed by atoms with Crippen LogP contribution >= 0.6 is 11.6 Å². The quantitative estimate of drug-likeness (QED) is 0.413. The molecule has 34 heavy (non-hydrogen) atoms. The van der Waals surface area contributed by atoms with E-state index >= 15 is 0 Å². The van der Waals surface area contributed by atoms with Crippen molar-refractivity contribution < 1.29 is 23.0 Å². The Morgan fingerprint density at radius 2 is 1.85 bits per heavy atom. The van der Waals surface area contributed by atoms with Gasteiger partial charge in [0, 0.05) is 30.2 Å². The molecule has 1 saturated heterocycles. The van der Waals surface area contributed by atoms with Gasteiger partial charge in [0.1, 0.15) is 29.1 Å². The number of hydrogen-bond acceptors (Lipinski definition) is 4. The zero-order valence-electron chi connectivity index (χ0n) is 20.2. The molecule has 2 aliphatic rings. The summed E-state index contributed by atoms with van der Waals surface area (Å²) in [4.78, 5) is 14.8. The van der Waals surface area contributed by atoms with E-state index in [1.54, 1.807) is 32.9 Å². The van der Waals surface area contributed by atoms with Crippen LogP contribution in [0.5, 0.6) is 5.75 Å². The second kappa shape index (κ2) is 9.82. The molecular formula is C27H32ClF2NO3. The highest BCUT2D eigenvalue weighted by atomic mass is 35.5. The van der Waals surface area contributed by atoms with Gasteiger partial charge in [0.05, 0.1) is 5.56 Å². The highest BCUT2D eigenvalue weighted by Crippen LogP contribution is 2.46. The average Bonchev–Trinajstić information content (AvgIpc) is 3.56. The van der Waals surface area contributed by atoms with Gasteiger partial charge in [-0.1, -0.05) is 17.7 Å². The second-order valence-corrected chi connectivity index (χ2v) is 10.9. The van der Waals surface area contributed by atoms with E-state index in [9.17, 15) is 13.6 Å². The fraction of sp³-hybridized carbons (Fsp3) is 0.519. The molecule has 0 amide bonds. The largest absolute Gasteiger partial charge is 0.489 e. The molecular weight excluding hydrogens is 460 g/mol. The van der Waals surface area contributed by atoms with Crippen molar-refractivity contribution in [3.05, 3.63) is 63.7 Å². The minimum absolute atomic E-state index is 0.0472. The highest BCUT2D eigenvalue weighted by Gasteiger charge is 2.33. The van der Waals surface area contributed by atoms with Crippen molar-refractivity contribution in [1.82, 2.24) is 4.90 Å². The predicted octanol–water partition coefficient (Wildman–Crippen LogP) is 6.88.